The molecule has 16 heavy (non-hydrogen) atoms. The molecule has 3 nitrogen and oxygen atoms in total. The van der Waals surface area contributed by atoms with Crippen molar-refractivity contribution in [2.24, 2.45) is 11.7 Å². The Bertz CT molecular complexity index is 178. The van der Waals surface area contributed by atoms with Gasteiger partial charge in [-0.1, -0.05) is 13.0 Å². The molecule has 0 aromatic carbocycles. The zero-order valence-electron chi connectivity index (χ0n) is 10.1. The van der Waals surface area contributed by atoms with Crippen LogP contribution in [0.5, 0.6) is 0 Å². The Morgan fingerprint density at radius 1 is 1.56 bits per heavy atom. The first kappa shape index (κ1) is 15.9. The minimum atomic E-state index is -0.596. The van der Waals surface area contributed by atoms with Crippen LogP contribution in [0.3, 0.4) is 0 Å². The molecule has 0 saturated carbocycles. The van der Waals surface area contributed by atoms with E-state index in [1.165, 1.54) is 0 Å². The molecule has 0 aliphatic rings. The molecule has 0 heterocycles. The molecule has 0 aliphatic heterocycles. The number of ether oxygens (including phenoxy) is 1. The number of hydrogen-bond donors (Lipinski definition) is 2. The van der Waals surface area contributed by atoms with Crippen molar-refractivity contribution in [2.75, 3.05) is 19.1 Å². The molecule has 0 fully saturated rings. The zero-order chi connectivity index (χ0) is 12.4. The summed E-state index contributed by atoms with van der Waals surface area (Å²) in [5.74, 6) is 0.691. The molecule has 0 radical (unpaired) electrons. The highest BCUT2D eigenvalue weighted by atomic mass is 35.5. The van der Waals surface area contributed by atoms with E-state index in [1.54, 1.807) is 6.08 Å². The second kappa shape index (κ2) is 10.1. The second-order valence-electron chi connectivity index (χ2n) is 4.23. The van der Waals surface area contributed by atoms with E-state index in [0.717, 1.165) is 25.9 Å². The van der Waals surface area contributed by atoms with E-state index < -0.39 is 6.10 Å². The first-order chi connectivity index (χ1) is 7.61. The van der Waals surface area contributed by atoms with Crippen molar-refractivity contribution < 1.29 is 9.84 Å². The van der Waals surface area contributed by atoms with Crippen molar-refractivity contribution >= 4 is 11.6 Å². The molecule has 0 saturated heterocycles. The van der Waals surface area contributed by atoms with Crippen LogP contribution in [0, 0.1) is 5.92 Å². The van der Waals surface area contributed by atoms with Crippen LogP contribution in [-0.2, 0) is 4.74 Å². The highest BCUT2D eigenvalue weighted by Gasteiger charge is 2.16. The third-order valence-corrected chi connectivity index (χ3v) is 2.86. The SMILES string of the molecule is C=CCOCCC[C@@H](C)C[C@H](N)[C@H](O)CCl. The summed E-state index contributed by atoms with van der Waals surface area (Å²) in [5, 5.41) is 9.42. The Hall–Kier alpha value is -0.0900. The van der Waals surface area contributed by atoms with Crippen LogP contribution in [0.25, 0.3) is 0 Å². The molecule has 0 aromatic heterocycles. The third-order valence-electron chi connectivity index (χ3n) is 2.55. The molecule has 0 aliphatic carbocycles. The van der Waals surface area contributed by atoms with Crippen LogP contribution in [0.2, 0.25) is 0 Å². The van der Waals surface area contributed by atoms with Crippen molar-refractivity contribution in [3.8, 4) is 0 Å². The van der Waals surface area contributed by atoms with E-state index in [1.807, 2.05) is 0 Å². The lowest BCUT2D eigenvalue weighted by Crippen LogP contribution is -2.37. The number of rotatable bonds is 10. The van der Waals surface area contributed by atoms with Gasteiger partial charge in [0.15, 0.2) is 0 Å². The second-order valence-corrected chi connectivity index (χ2v) is 4.54. The van der Waals surface area contributed by atoms with Gasteiger partial charge in [-0.15, -0.1) is 18.2 Å². The maximum atomic E-state index is 9.42. The Kier molecular flexibility index (Phi) is 10.0. The summed E-state index contributed by atoms with van der Waals surface area (Å²) in [6.45, 7) is 7.08. The summed E-state index contributed by atoms with van der Waals surface area (Å²) in [5.41, 5.74) is 5.80. The average molecular weight is 250 g/mol. The first-order valence-electron chi connectivity index (χ1n) is 5.80. The van der Waals surface area contributed by atoms with Crippen LogP contribution in [0.15, 0.2) is 12.7 Å². The standard InChI is InChI=1S/C12H24ClNO2/c1-3-6-16-7-4-5-10(2)8-11(14)12(15)9-13/h3,10-12,15H,1,4-9,14H2,2H3/t10-,11+,12-/m1/s1. The number of aliphatic hydroxyl groups is 1. The van der Waals surface area contributed by atoms with Gasteiger partial charge in [-0.2, -0.15) is 0 Å². The summed E-state index contributed by atoms with van der Waals surface area (Å²) in [6, 6.07) is -0.221. The molecule has 0 bridgehead atoms. The lowest BCUT2D eigenvalue weighted by molar-refractivity contribution is 0.141. The van der Waals surface area contributed by atoms with Crippen LogP contribution in [0.1, 0.15) is 26.2 Å². The minimum Gasteiger partial charge on any atom is -0.390 e. The molecule has 0 aromatic rings. The number of alkyl halides is 1. The highest BCUT2D eigenvalue weighted by Crippen LogP contribution is 2.14. The zero-order valence-corrected chi connectivity index (χ0v) is 10.8. The van der Waals surface area contributed by atoms with E-state index in [4.69, 9.17) is 22.1 Å². The summed E-state index contributed by atoms with van der Waals surface area (Å²) < 4.78 is 5.29. The Labute approximate surface area is 104 Å². The fraction of sp³-hybridized carbons (Fsp3) is 0.833. The van der Waals surface area contributed by atoms with Gasteiger partial charge in [0.1, 0.15) is 0 Å². The predicted molar refractivity (Wildman–Crippen MR) is 68.7 cm³/mol. The van der Waals surface area contributed by atoms with Gasteiger partial charge in [-0.3, -0.25) is 0 Å². The van der Waals surface area contributed by atoms with Gasteiger partial charge in [0.25, 0.3) is 0 Å². The molecular formula is C12H24ClNO2. The normalized spacial score (nSPS) is 16.8. The van der Waals surface area contributed by atoms with E-state index in [-0.39, 0.29) is 11.9 Å². The summed E-state index contributed by atoms with van der Waals surface area (Å²) in [7, 11) is 0. The fourth-order valence-electron chi connectivity index (χ4n) is 1.55. The molecule has 4 heteroatoms. The van der Waals surface area contributed by atoms with Gasteiger partial charge in [0, 0.05) is 18.5 Å². The maximum absolute atomic E-state index is 9.42. The third kappa shape index (κ3) is 8.11. The Morgan fingerprint density at radius 3 is 2.81 bits per heavy atom. The number of nitrogens with two attached hydrogens (primary N) is 1. The molecule has 96 valence electrons. The van der Waals surface area contributed by atoms with Crippen molar-refractivity contribution in [1.29, 1.82) is 0 Å². The van der Waals surface area contributed by atoms with Crippen molar-refractivity contribution in [1.82, 2.24) is 0 Å². The fourth-order valence-corrected chi connectivity index (χ4v) is 1.78. The Morgan fingerprint density at radius 2 is 2.25 bits per heavy atom. The number of hydrogen-bond acceptors (Lipinski definition) is 3. The predicted octanol–water partition coefficient (Wildman–Crippen LogP) is 1.92. The van der Waals surface area contributed by atoms with Crippen LogP contribution < -0.4 is 5.73 Å². The minimum absolute atomic E-state index is 0.205. The molecule has 0 amide bonds. The van der Waals surface area contributed by atoms with Gasteiger partial charge in [0.2, 0.25) is 0 Å². The summed E-state index contributed by atoms with van der Waals surface area (Å²) >= 11 is 5.53. The smallest absolute Gasteiger partial charge is 0.0826 e. The maximum Gasteiger partial charge on any atom is 0.0826 e. The van der Waals surface area contributed by atoms with Gasteiger partial charge < -0.3 is 15.6 Å². The topological polar surface area (TPSA) is 55.5 Å². The van der Waals surface area contributed by atoms with Crippen LogP contribution in [0.4, 0.5) is 0 Å². The van der Waals surface area contributed by atoms with Crippen molar-refractivity contribution in [2.45, 2.75) is 38.3 Å². The van der Waals surface area contributed by atoms with Gasteiger partial charge in [-0.05, 0) is 25.2 Å². The van der Waals surface area contributed by atoms with Crippen LogP contribution >= 0.6 is 11.6 Å². The monoisotopic (exact) mass is 249 g/mol. The highest BCUT2D eigenvalue weighted by molar-refractivity contribution is 6.18. The van der Waals surface area contributed by atoms with E-state index in [2.05, 4.69) is 13.5 Å². The quantitative estimate of drug-likeness (QED) is 0.353. The molecular weight excluding hydrogens is 226 g/mol. The molecule has 0 spiro atoms. The van der Waals surface area contributed by atoms with Crippen molar-refractivity contribution in [3.63, 3.8) is 0 Å². The largest absolute Gasteiger partial charge is 0.390 e. The number of aliphatic hydroxyl groups excluding tert-OH is 1. The molecule has 3 N–H and O–H groups in total. The van der Waals surface area contributed by atoms with E-state index in [9.17, 15) is 5.11 Å². The van der Waals surface area contributed by atoms with Gasteiger partial charge in [0.05, 0.1) is 12.7 Å². The summed E-state index contributed by atoms with van der Waals surface area (Å²) in [6.07, 6.45) is 4.02. The van der Waals surface area contributed by atoms with Crippen molar-refractivity contribution in [3.05, 3.63) is 12.7 Å². The molecule has 0 unspecified atom stereocenters. The first-order valence-corrected chi connectivity index (χ1v) is 6.33. The van der Waals surface area contributed by atoms with E-state index >= 15 is 0 Å². The Balaban J connectivity index is 3.49. The van der Waals surface area contributed by atoms with Crippen LogP contribution in [-0.4, -0.2) is 36.3 Å². The molecule has 3 atom stereocenters. The van der Waals surface area contributed by atoms with Gasteiger partial charge in [-0.25, -0.2) is 0 Å². The molecule has 0 rings (SSSR count). The van der Waals surface area contributed by atoms with Gasteiger partial charge >= 0.3 is 0 Å². The average Bonchev–Trinajstić information content (AvgIpc) is 2.27. The number of halogens is 1. The lowest BCUT2D eigenvalue weighted by atomic mass is 9.95. The lowest BCUT2D eigenvalue weighted by Gasteiger charge is -2.20. The van der Waals surface area contributed by atoms with E-state index in [0.29, 0.717) is 12.5 Å². The summed E-state index contributed by atoms with van der Waals surface area (Å²) in [4.78, 5) is 0.